The second-order valence-corrected chi connectivity index (χ2v) is 6.18. The molecule has 0 aliphatic carbocycles. The molecule has 6 nitrogen and oxygen atoms in total. The van der Waals surface area contributed by atoms with E-state index in [2.05, 4.69) is 15.2 Å². The average Bonchev–Trinajstić information content (AvgIpc) is 3.31. The van der Waals surface area contributed by atoms with Crippen molar-refractivity contribution in [2.24, 2.45) is 0 Å². The molecule has 0 fully saturated rings. The first-order valence-electron chi connectivity index (χ1n) is 8.56. The number of rotatable bonds is 5. The van der Waals surface area contributed by atoms with Gasteiger partial charge in [-0.2, -0.15) is 0 Å². The fraction of sp³-hybridized carbons (Fsp3) is 0.150. The summed E-state index contributed by atoms with van der Waals surface area (Å²) in [6.45, 7) is 1.85. The number of nitrogens with zero attached hydrogens (tertiary/aromatic N) is 1. The third-order valence-corrected chi connectivity index (χ3v) is 3.99. The fourth-order valence-corrected chi connectivity index (χ4v) is 2.69. The van der Waals surface area contributed by atoms with Crippen molar-refractivity contribution in [3.05, 3.63) is 78.0 Å². The summed E-state index contributed by atoms with van der Waals surface area (Å²) in [5.74, 6) is 1.98. The maximum absolute atomic E-state index is 12.2. The van der Waals surface area contributed by atoms with Gasteiger partial charge in [-0.3, -0.25) is 4.84 Å². The number of alkyl halides is 3. The molecule has 3 heterocycles. The molecule has 29 heavy (non-hydrogen) atoms. The number of hydrogen-bond donors (Lipinski definition) is 1. The fourth-order valence-electron chi connectivity index (χ4n) is 2.69. The molecule has 0 unspecified atom stereocenters. The Morgan fingerprint density at radius 3 is 2.38 bits per heavy atom. The van der Waals surface area contributed by atoms with Crippen LogP contribution in [-0.4, -0.2) is 11.3 Å². The quantitative estimate of drug-likeness (QED) is 0.642. The minimum atomic E-state index is -4.73. The van der Waals surface area contributed by atoms with Crippen LogP contribution in [0.1, 0.15) is 17.4 Å². The Morgan fingerprint density at radius 1 is 1.00 bits per heavy atom. The molecule has 0 bridgehead atoms. The summed E-state index contributed by atoms with van der Waals surface area (Å²) in [5, 5.41) is 0. The van der Waals surface area contributed by atoms with Crippen molar-refractivity contribution in [1.29, 1.82) is 0 Å². The predicted octanol–water partition coefficient (Wildman–Crippen LogP) is 5.04. The standard InChI is InChI=1S/C20H15F3N2O4/c1-12-2-9-17(26-12)16-8-7-15(11-24-16)27-19-10-18(29-25-19)13-3-5-14(6-4-13)28-20(21,22)23/h2-11,18,25H,1H3/t18-/m1/s1. The van der Waals surface area contributed by atoms with Crippen molar-refractivity contribution < 1.29 is 31.9 Å². The molecule has 1 N–H and O–H groups in total. The summed E-state index contributed by atoms with van der Waals surface area (Å²) in [7, 11) is 0. The number of hydroxylamine groups is 1. The van der Waals surface area contributed by atoms with Gasteiger partial charge in [0.1, 0.15) is 29.1 Å². The van der Waals surface area contributed by atoms with E-state index in [1.807, 2.05) is 19.1 Å². The highest BCUT2D eigenvalue weighted by molar-refractivity contribution is 5.52. The number of nitrogens with one attached hydrogen (secondary N) is 1. The second-order valence-electron chi connectivity index (χ2n) is 6.18. The zero-order valence-corrected chi connectivity index (χ0v) is 15.1. The Kier molecular flexibility index (Phi) is 4.89. The van der Waals surface area contributed by atoms with E-state index in [0.717, 1.165) is 5.76 Å². The van der Waals surface area contributed by atoms with E-state index < -0.39 is 12.5 Å². The number of aromatic nitrogens is 1. The molecule has 1 aliphatic rings. The number of ether oxygens (including phenoxy) is 2. The lowest BCUT2D eigenvalue weighted by molar-refractivity contribution is -0.274. The lowest BCUT2D eigenvalue weighted by atomic mass is 10.1. The maximum atomic E-state index is 12.2. The molecule has 9 heteroatoms. The van der Waals surface area contributed by atoms with Crippen molar-refractivity contribution in [1.82, 2.24) is 10.5 Å². The van der Waals surface area contributed by atoms with E-state index in [1.54, 1.807) is 24.4 Å². The summed E-state index contributed by atoms with van der Waals surface area (Å²) in [6.07, 6.45) is -2.05. The first-order valence-corrected chi connectivity index (χ1v) is 8.56. The molecule has 0 radical (unpaired) electrons. The van der Waals surface area contributed by atoms with E-state index in [4.69, 9.17) is 14.0 Å². The van der Waals surface area contributed by atoms with Gasteiger partial charge in [0.2, 0.25) is 5.88 Å². The first kappa shape index (κ1) is 18.9. The molecule has 3 aromatic rings. The van der Waals surface area contributed by atoms with Crippen LogP contribution in [0.3, 0.4) is 0 Å². The average molecular weight is 404 g/mol. The summed E-state index contributed by atoms with van der Waals surface area (Å²) in [4.78, 5) is 9.69. The smallest absolute Gasteiger partial charge is 0.460 e. The van der Waals surface area contributed by atoms with Crippen LogP contribution in [0.4, 0.5) is 13.2 Å². The van der Waals surface area contributed by atoms with Crippen molar-refractivity contribution in [3.8, 4) is 23.0 Å². The summed E-state index contributed by atoms with van der Waals surface area (Å²) in [6, 6.07) is 12.6. The van der Waals surface area contributed by atoms with E-state index in [0.29, 0.717) is 28.7 Å². The Hall–Kier alpha value is -3.46. The minimum absolute atomic E-state index is 0.300. The number of pyridine rings is 1. The topological polar surface area (TPSA) is 65.8 Å². The van der Waals surface area contributed by atoms with E-state index in [9.17, 15) is 13.2 Å². The molecular weight excluding hydrogens is 389 g/mol. The zero-order valence-electron chi connectivity index (χ0n) is 15.1. The number of aryl methyl sites for hydroxylation is 1. The Labute approximate surface area is 163 Å². The molecular formula is C20H15F3N2O4. The van der Waals surface area contributed by atoms with Crippen LogP contribution in [-0.2, 0) is 4.84 Å². The van der Waals surface area contributed by atoms with Gasteiger partial charge in [0.05, 0.1) is 6.20 Å². The van der Waals surface area contributed by atoms with Crippen molar-refractivity contribution >= 4 is 0 Å². The largest absolute Gasteiger partial charge is 0.573 e. The summed E-state index contributed by atoms with van der Waals surface area (Å²) < 4.78 is 51.7. The minimum Gasteiger partial charge on any atom is -0.460 e. The molecule has 0 amide bonds. The molecule has 1 aliphatic heterocycles. The van der Waals surface area contributed by atoms with Crippen LogP contribution in [0.5, 0.6) is 11.5 Å². The van der Waals surface area contributed by atoms with Crippen LogP contribution >= 0.6 is 0 Å². The molecule has 2 aromatic heterocycles. The van der Waals surface area contributed by atoms with Crippen LogP contribution in [0.2, 0.25) is 0 Å². The third kappa shape index (κ3) is 4.69. The number of furan rings is 1. The van der Waals surface area contributed by atoms with E-state index >= 15 is 0 Å². The van der Waals surface area contributed by atoms with Crippen LogP contribution in [0.25, 0.3) is 11.5 Å². The van der Waals surface area contributed by atoms with Gasteiger partial charge in [-0.15, -0.1) is 13.2 Å². The SMILES string of the molecule is Cc1ccc(-c2ccc(OC3=C[C@H](c4ccc(OC(F)(F)F)cc4)ON3)cn2)o1. The van der Waals surface area contributed by atoms with Crippen molar-refractivity contribution in [2.45, 2.75) is 19.4 Å². The van der Waals surface area contributed by atoms with Crippen molar-refractivity contribution in [3.63, 3.8) is 0 Å². The van der Waals surface area contributed by atoms with Crippen LogP contribution in [0.15, 0.2) is 71.1 Å². The van der Waals surface area contributed by atoms with Gasteiger partial charge < -0.3 is 13.9 Å². The third-order valence-electron chi connectivity index (χ3n) is 3.99. The first-order chi connectivity index (χ1) is 13.9. The normalized spacial score (nSPS) is 16.3. The molecule has 0 saturated heterocycles. The Balaban J connectivity index is 1.40. The van der Waals surface area contributed by atoms with Gasteiger partial charge in [0, 0.05) is 6.08 Å². The lowest BCUT2D eigenvalue weighted by Gasteiger charge is -2.11. The Morgan fingerprint density at radius 2 is 1.76 bits per heavy atom. The highest BCUT2D eigenvalue weighted by Gasteiger charge is 2.31. The number of benzene rings is 1. The molecule has 0 saturated carbocycles. The van der Waals surface area contributed by atoms with Gasteiger partial charge in [-0.25, -0.2) is 10.5 Å². The van der Waals surface area contributed by atoms with Crippen LogP contribution < -0.4 is 15.0 Å². The van der Waals surface area contributed by atoms with Crippen LogP contribution in [0, 0.1) is 6.92 Å². The molecule has 0 spiro atoms. The molecule has 1 aromatic carbocycles. The van der Waals surface area contributed by atoms with E-state index in [-0.39, 0.29) is 5.75 Å². The summed E-state index contributed by atoms with van der Waals surface area (Å²) >= 11 is 0. The van der Waals surface area contributed by atoms with Gasteiger partial charge >= 0.3 is 6.36 Å². The summed E-state index contributed by atoms with van der Waals surface area (Å²) in [5.41, 5.74) is 3.94. The molecule has 150 valence electrons. The lowest BCUT2D eigenvalue weighted by Crippen LogP contribution is -2.17. The van der Waals surface area contributed by atoms with Gasteiger partial charge in [0.25, 0.3) is 0 Å². The Bertz CT molecular complexity index is 1010. The highest BCUT2D eigenvalue weighted by atomic mass is 19.4. The monoisotopic (exact) mass is 404 g/mol. The number of hydrogen-bond acceptors (Lipinski definition) is 6. The van der Waals surface area contributed by atoms with Gasteiger partial charge in [-0.1, -0.05) is 12.1 Å². The zero-order chi connectivity index (χ0) is 20.4. The van der Waals surface area contributed by atoms with Crippen molar-refractivity contribution in [2.75, 3.05) is 0 Å². The highest BCUT2D eigenvalue weighted by Crippen LogP contribution is 2.29. The van der Waals surface area contributed by atoms with Gasteiger partial charge in [0.15, 0.2) is 5.76 Å². The molecule has 1 atom stereocenters. The van der Waals surface area contributed by atoms with Gasteiger partial charge in [-0.05, 0) is 48.9 Å². The second kappa shape index (κ2) is 7.51. The predicted molar refractivity (Wildman–Crippen MR) is 95.5 cm³/mol. The van der Waals surface area contributed by atoms with E-state index in [1.165, 1.54) is 24.3 Å². The number of halogens is 3. The molecule has 4 rings (SSSR count). The maximum Gasteiger partial charge on any atom is 0.573 e.